The Balaban J connectivity index is 2.05. The summed E-state index contributed by atoms with van der Waals surface area (Å²) < 4.78 is 9.90. The Morgan fingerprint density at radius 3 is 2.76 bits per heavy atom. The van der Waals surface area contributed by atoms with E-state index < -0.39 is 0 Å². The second kappa shape index (κ2) is 8.39. The van der Waals surface area contributed by atoms with Crippen molar-refractivity contribution in [3.63, 3.8) is 0 Å². The zero-order valence-electron chi connectivity index (χ0n) is 10.1. The van der Waals surface area contributed by atoms with E-state index in [2.05, 4.69) is 4.74 Å². The number of hydrogen-bond acceptors (Lipinski definition) is 3. The van der Waals surface area contributed by atoms with Crippen LogP contribution in [0.4, 0.5) is 0 Å². The molecule has 0 aromatic heterocycles. The average Bonchev–Trinajstić information content (AvgIpc) is 2.38. The van der Waals surface area contributed by atoms with E-state index in [9.17, 15) is 4.79 Å². The number of hydrogen-bond donors (Lipinski definition) is 0. The summed E-state index contributed by atoms with van der Waals surface area (Å²) >= 11 is 0. The fraction of sp³-hybridized carbons (Fsp3) is 0.357. The molecule has 1 aromatic rings. The van der Waals surface area contributed by atoms with E-state index in [1.165, 1.54) is 7.11 Å². The van der Waals surface area contributed by atoms with Gasteiger partial charge in [0.1, 0.15) is 6.61 Å². The highest BCUT2D eigenvalue weighted by Crippen LogP contribution is 2.02. The molecule has 0 saturated carbocycles. The minimum Gasteiger partial charge on any atom is -0.497 e. The van der Waals surface area contributed by atoms with Crippen LogP contribution in [0.25, 0.3) is 0 Å². The van der Waals surface area contributed by atoms with Crippen molar-refractivity contribution in [1.82, 2.24) is 0 Å². The van der Waals surface area contributed by atoms with Crippen molar-refractivity contribution in [2.75, 3.05) is 7.11 Å². The maximum Gasteiger partial charge on any atom is 0.305 e. The van der Waals surface area contributed by atoms with Crippen LogP contribution in [0.5, 0.6) is 0 Å². The van der Waals surface area contributed by atoms with E-state index in [1.807, 2.05) is 36.4 Å². The average molecular weight is 234 g/mol. The lowest BCUT2D eigenvalue weighted by molar-refractivity contribution is -0.140. The normalized spacial score (nSPS) is 10.4. The van der Waals surface area contributed by atoms with E-state index in [1.54, 1.807) is 6.26 Å². The smallest absolute Gasteiger partial charge is 0.305 e. The van der Waals surface area contributed by atoms with Crippen molar-refractivity contribution in [3.05, 3.63) is 48.2 Å². The summed E-state index contributed by atoms with van der Waals surface area (Å²) in [6.45, 7) is 0.578. The molecule has 0 radical (unpaired) electrons. The molecule has 0 unspecified atom stereocenters. The lowest BCUT2D eigenvalue weighted by atomic mass is 10.2. The van der Waals surface area contributed by atoms with Crippen LogP contribution in [-0.4, -0.2) is 13.1 Å². The predicted molar refractivity (Wildman–Crippen MR) is 66.2 cm³/mol. The first-order valence-electron chi connectivity index (χ1n) is 5.70. The molecule has 0 N–H and O–H groups in total. The van der Waals surface area contributed by atoms with Crippen molar-refractivity contribution >= 4 is 5.97 Å². The van der Waals surface area contributed by atoms with Crippen LogP contribution >= 0.6 is 0 Å². The molecule has 0 bridgehead atoms. The Kier molecular flexibility index (Phi) is 6.56. The largest absolute Gasteiger partial charge is 0.497 e. The second-order valence-electron chi connectivity index (χ2n) is 3.64. The Labute approximate surface area is 102 Å². The first-order valence-corrected chi connectivity index (χ1v) is 5.70. The first-order chi connectivity index (χ1) is 8.33. The van der Waals surface area contributed by atoms with E-state index in [0.29, 0.717) is 13.0 Å². The number of rotatable bonds is 7. The zero-order valence-corrected chi connectivity index (χ0v) is 10.1. The van der Waals surface area contributed by atoms with Crippen LogP contribution in [0.3, 0.4) is 0 Å². The number of esters is 1. The second-order valence-corrected chi connectivity index (χ2v) is 3.64. The van der Waals surface area contributed by atoms with Crippen LogP contribution in [0.2, 0.25) is 0 Å². The zero-order chi connectivity index (χ0) is 12.3. The summed E-state index contributed by atoms with van der Waals surface area (Å²) in [6, 6.07) is 9.99. The number of carbonyl (C=O) groups is 1. The molecule has 0 saturated heterocycles. The fourth-order valence-electron chi connectivity index (χ4n) is 1.32. The quantitative estimate of drug-likeness (QED) is 0.413. The van der Waals surface area contributed by atoms with Gasteiger partial charge in [-0.05, 0) is 24.5 Å². The molecule has 0 amide bonds. The topological polar surface area (TPSA) is 35.5 Å². The number of allylic oxidation sites excluding steroid dienone is 1. The van der Waals surface area contributed by atoms with E-state index in [0.717, 1.165) is 18.4 Å². The van der Waals surface area contributed by atoms with Crippen molar-refractivity contribution in [2.45, 2.75) is 25.9 Å². The summed E-state index contributed by atoms with van der Waals surface area (Å²) in [5.74, 6) is -0.163. The highest BCUT2D eigenvalue weighted by Gasteiger charge is 1.96. The molecule has 1 aromatic carbocycles. The SMILES string of the molecule is COC(=O)CCC/C=C\OCc1ccccc1. The number of benzene rings is 1. The molecule has 0 atom stereocenters. The van der Waals surface area contributed by atoms with E-state index in [-0.39, 0.29) is 5.97 Å². The fourth-order valence-corrected chi connectivity index (χ4v) is 1.32. The van der Waals surface area contributed by atoms with Gasteiger partial charge in [0.15, 0.2) is 0 Å². The molecule has 0 spiro atoms. The number of unbranched alkanes of at least 4 members (excludes halogenated alkanes) is 1. The van der Waals surface area contributed by atoms with E-state index in [4.69, 9.17) is 4.74 Å². The van der Waals surface area contributed by atoms with Gasteiger partial charge in [-0.2, -0.15) is 0 Å². The summed E-state index contributed by atoms with van der Waals surface area (Å²) in [4.78, 5) is 10.8. The van der Waals surface area contributed by atoms with Crippen LogP contribution in [0.15, 0.2) is 42.7 Å². The molecule has 0 aliphatic carbocycles. The van der Waals surface area contributed by atoms with Gasteiger partial charge >= 0.3 is 5.97 Å². The van der Waals surface area contributed by atoms with Crippen LogP contribution < -0.4 is 0 Å². The van der Waals surface area contributed by atoms with Crippen molar-refractivity contribution < 1.29 is 14.3 Å². The van der Waals surface area contributed by atoms with Crippen LogP contribution in [0.1, 0.15) is 24.8 Å². The molecule has 0 heterocycles. The summed E-state index contributed by atoms with van der Waals surface area (Å²) in [5.41, 5.74) is 1.15. The Morgan fingerprint density at radius 2 is 2.06 bits per heavy atom. The van der Waals surface area contributed by atoms with Crippen LogP contribution in [-0.2, 0) is 20.9 Å². The third-order valence-electron chi connectivity index (χ3n) is 2.26. The maximum atomic E-state index is 10.8. The minimum absolute atomic E-state index is 0.163. The monoisotopic (exact) mass is 234 g/mol. The van der Waals surface area contributed by atoms with Crippen LogP contribution in [0, 0.1) is 0 Å². The molecule has 3 nitrogen and oxygen atoms in total. The molecule has 0 fully saturated rings. The van der Waals surface area contributed by atoms with Crippen molar-refractivity contribution in [3.8, 4) is 0 Å². The highest BCUT2D eigenvalue weighted by atomic mass is 16.5. The number of carbonyl (C=O) groups excluding carboxylic acids is 1. The molecule has 3 heteroatoms. The van der Waals surface area contributed by atoms with Gasteiger partial charge in [0.25, 0.3) is 0 Å². The predicted octanol–water partition coefficient (Wildman–Crippen LogP) is 3.06. The Hall–Kier alpha value is -1.77. The number of ether oxygens (including phenoxy) is 2. The van der Waals surface area contributed by atoms with Gasteiger partial charge in [-0.1, -0.05) is 30.3 Å². The first kappa shape index (κ1) is 13.3. The summed E-state index contributed by atoms with van der Waals surface area (Å²) in [6.07, 6.45) is 5.68. The van der Waals surface area contributed by atoms with Gasteiger partial charge in [0.2, 0.25) is 0 Å². The Bertz CT molecular complexity index is 344. The molecular weight excluding hydrogens is 216 g/mol. The maximum absolute atomic E-state index is 10.8. The number of methoxy groups -OCH3 is 1. The van der Waals surface area contributed by atoms with Gasteiger partial charge in [0.05, 0.1) is 13.4 Å². The van der Waals surface area contributed by atoms with Crippen molar-refractivity contribution in [2.24, 2.45) is 0 Å². The Morgan fingerprint density at radius 1 is 1.29 bits per heavy atom. The van der Waals surface area contributed by atoms with Crippen molar-refractivity contribution in [1.29, 1.82) is 0 Å². The van der Waals surface area contributed by atoms with Gasteiger partial charge in [-0.3, -0.25) is 4.79 Å². The molecule has 17 heavy (non-hydrogen) atoms. The van der Waals surface area contributed by atoms with Gasteiger partial charge in [-0.15, -0.1) is 0 Å². The van der Waals surface area contributed by atoms with E-state index >= 15 is 0 Å². The third kappa shape index (κ3) is 6.40. The minimum atomic E-state index is -0.163. The molecule has 92 valence electrons. The summed E-state index contributed by atoms with van der Waals surface area (Å²) in [7, 11) is 1.40. The third-order valence-corrected chi connectivity index (χ3v) is 2.26. The standard InChI is InChI=1S/C14H18O3/c1-16-14(15)10-6-3-7-11-17-12-13-8-4-2-5-9-13/h2,4-5,7-9,11H,3,6,10,12H2,1H3/b11-7-. The lowest BCUT2D eigenvalue weighted by Gasteiger charge is -2.00. The van der Waals surface area contributed by atoms with Gasteiger partial charge < -0.3 is 9.47 Å². The molecule has 0 aliphatic rings. The van der Waals surface area contributed by atoms with Gasteiger partial charge in [0, 0.05) is 6.42 Å². The highest BCUT2D eigenvalue weighted by molar-refractivity contribution is 5.68. The molecule has 0 aliphatic heterocycles. The molecular formula is C14H18O3. The van der Waals surface area contributed by atoms with Gasteiger partial charge in [-0.25, -0.2) is 0 Å². The summed E-state index contributed by atoms with van der Waals surface area (Å²) in [5, 5.41) is 0. The lowest BCUT2D eigenvalue weighted by Crippen LogP contribution is -1.98. The molecule has 1 rings (SSSR count).